The van der Waals surface area contributed by atoms with Crippen molar-refractivity contribution in [2.24, 2.45) is 0 Å². The van der Waals surface area contributed by atoms with Gasteiger partial charge in [-0.2, -0.15) is 0 Å². The molecule has 0 aromatic carbocycles. The van der Waals surface area contributed by atoms with E-state index >= 15 is 0 Å². The highest BCUT2D eigenvalue weighted by Gasteiger charge is 2.09. The molecular weight excluding hydrogens is 206 g/mol. The van der Waals surface area contributed by atoms with E-state index in [9.17, 15) is 0 Å². The average Bonchev–Trinajstić information content (AvgIpc) is 2.86. The molecule has 0 saturated heterocycles. The second-order valence-electron chi connectivity index (χ2n) is 3.38. The Morgan fingerprint density at radius 3 is 2.88 bits per heavy atom. The number of anilines is 1. The van der Waals surface area contributed by atoms with E-state index in [1.165, 1.54) is 0 Å². The highest BCUT2D eigenvalue weighted by atomic mass is 15.4. The molecule has 3 heterocycles. The first kappa shape index (κ1) is 8.84. The zero-order valence-corrected chi connectivity index (χ0v) is 8.57. The van der Waals surface area contributed by atoms with Crippen molar-refractivity contribution in [3.05, 3.63) is 30.5 Å². The van der Waals surface area contributed by atoms with Crippen molar-refractivity contribution in [3.8, 4) is 5.82 Å². The molecule has 7 heteroatoms. The van der Waals surface area contributed by atoms with Crippen LogP contribution >= 0.6 is 0 Å². The molecule has 3 aromatic heterocycles. The second-order valence-corrected chi connectivity index (χ2v) is 3.38. The van der Waals surface area contributed by atoms with Gasteiger partial charge in [0.1, 0.15) is 11.6 Å². The van der Waals surface area contributed by atoms with Gasteiger partial charge in [-0.1, -0.05) is 0 Å². The molecule has 0 atom stereocenters. The SMILES string of the molecule is Cc1nnc2c(-n3ccc(N)n3)nccn12. The Labute approximate surface area is 90.5 Å². The third-order valence-corrected chi connectivity index (χ3v) is 2.31. The summed E-state index contributed by atoms with van der Waals surface area (Å²) in [5.74, 6) is 1.86. The van der Waals surface area contributed by atoms with Crippen LogP contribution in [-0.4, -0.2) is 29.4 Å². The van der Waals surface area contributed by atoms with Gasteiger partial charge in [0.15, 0.2) is 5.82 Å². The minimum absolute atomic E-state index is 0.444. The van der Waals surface area contributed by atoms with Gasteiger partial charge >= 0.3 is 0 Å². The molecule has 0 fully saturated rings. The van der Waals surface area contributed by atoms with Gasteiger partial charge in [-0.25, -0.2) is 9.67 Å². The number of nitrogens with zero attached hydrogens (tertiary/aromatic N) is 6. The highest BCUT2D eigenvalue weighted by molar-refractivity contribution is 5.53. The Morgan fingerprint density at radius 1 is 1.25 bits per heavy atom. The maximum Gasteiger partial charge on any atom is 0.206 e. The number of aryl methyl sites for hydroxylation is 1. The molecule has 0 aliphatic heterocycles. The maximum absolute atomic E-state index is 5.56. The Bertz CT molecular complexity index is 651. The molecule has 16 heavy (non-hydrogen) atoms. The fourth-order valence-corrected chi connectivity index (χ4v) is 1.55. The summed E-state index contributed by atoms with van der Waals surface area (Å²) in [6.07, 6.45) is 5.22. The van der Waals surface area contributed by atoms with Crippen LogP contribution in [0.4, 0.5) is 5.82 Å². The lowest BCUT2D eigenvalue weighted by Crippen LogP contribution is -2.03. The minimum Gasteiger partial charge on any atom is -0.382 e. The molecule has 80 valence electrons. The van der Waals surface area contributed by atoms with Crippen molar-refractivity contribution in [2.75, 3.05) is 5.73 Å². The van der Waals surface area contributed by atoms with Crippen LogP contribution in [0.25, 0.3) is 11.5 Å². The zero-order chi connectivity index (χ0) is 11.1. The summed E-state index contributed by atoms with van der Waals surface area (Å²) in [5, 5.41) is 12.1. The molecule has 2 N–H and O–H groups in total. The van der Waals surface area contributed by atoms with E-state index in [0.717, 1.165) is 5.82 Å². The Hall–Kier alpha value is -2.44. The number of nitrogens with two attached hydrogens (primary N) is 1. The number of hydrogen-bond donors (Lipinski definition) is 1. The van der Waals surface area contributed by atoms with Crippen LogP contribution in [0.3, 0.4) is 0 Å². The van der Waals surface area contributed by atoms with Gasteiger partial charge in [-0.3, -0.25) is 4.40 Å². The lowest BCUT2D eigenvalue weighted by atomic mass is 10.5. The lowest BCUT2D eigenvalue weighted by molar-refractivity contribution is 0.844. The van der Waals surface area contributed by atoms with Crippen molar-refractivity contribution in [1.29, 1.82) is 0 Å². The lowest BCUT2D eigenvalue weighted by Gasteiger charge is -2.01. The predicted molar refractivity (Wildman–Crippen MR) is 57.1 cm³/mol. The largest absolute Gasteiger partial charge is 0.382 e. The standard InChI is InChI=1S/C9H9N7/c1-6-12-13-9-8(11-3-5-15(6)9)16-4-2-7(10)14-16/h2-5H,1H3,(H2,10,14). The van der Waals surface area contributed by atoms with Crippen molar-refractivity contribution in [2.45, 2.75) is 6.92 Å². The van der Waals surface area contributed by atoms with Gasteiger partial charge in [-0.15, -0.1) is 15.3 Å². The van der Waals surface area contributed by atoms with Crippen LogP contribution in [-0.2, 0) is 0 Å². The Morgan fingerprint density at radius 2 is 2.12 bits per heavy atom. The number of aromatic nitrogens is 6. The van der Waals surface area contributed by atoms with Crippen LogP contribution in [0.2, 0.25) is 0 Å². The Kier molecular flexibility index (Phi) is 1.67. The quantitative estimate of drug-likeness (QED) is 0.626. The number of nitrogen functional groups attached to an aromatic ring is 1. The topological polar surface area (TPSA) is 86.9 Å². The monoisotopic (exact) mass is 215 g/mol. The third kappa shape index (κ3) is 1.14. The van der Waals surface area contributed by atoms with E-state index in [2.05, 4.69) is 20.3 Å². The van der Waals surface area contributed by atoms with E-state index in [1.54, 1.807) is 29.3 Å². The molecular formula is C9H9N7. The van der Waals surface area contributed by atoms with E-state index in [1.807, 2.05) is 11.3 Å². The Balaban J connectivity index is 2.31. The summed E-state index contributed by atoms with van der Waals surface area (Å²) in [6.45, 7) is 1.88. The van der Waals surface area contributed by atoms with Gasteiger partial charge in [-0.05, 0) is 6.92 Å². The summed E-state index contributed by atoms with van der Waals surface area (Å²) in [6, 6.07) is 1.70. The fourth-order valence-electron chi connectivity index (χ4n) is 1.55. The third-order valence-electron chi connectivity index (χ3n) is 2.31. The fraction of sp³-hybridized carbons (Fsp3) is 0.111. The second kappa shape index (κ2) is 3.02. The van der Waals surface area contributed by atoms with Gasteiger partial charge < -0.3 is 5.73 Å². The van der Waals surface area contributed by atoms with E-state index in [0.29, 0.717) is 17.3 Å². The number of hydrogen-bond acceptors (Lipinski definition) is 5. The summed E-state index contributed by atoms with van der Waals surface area (Å²) >= 11 is 0. The zero-order valence-electron chi connectivity index (χ0n) is 8.57. The average molecular weight is 215 g/mol. The predicted octanol–water partition coefficient (Wildman–Crippen LogP) is 0.201. The molecule has 3 rings (SSSR count). The normalized spacial score (nSPS) is 11.1. The van der Waals surface area contributed by atoms with E-state index in [4.69, 9.17) is 5.73 Å². The van der Waals surface area contributed by atoms with Crippen LogP contribution < -0.4 is 5.73 Å². The van der Waals surface area contributed by atoms with Gasteiger partial charge in [0.2, 0.25) is 5.65 Å². The molecule has 0 unspecified atom stereocenters. The maximum atomic E-state index is 5.56. The van der Waals surface area contributed by atoms with Crippen LogP contribution in [0.15, 0.2) is 24.7 Å². The van der Waals surface area contributed by atoms with Crippen molar-refractivity contribution in [1.82, 2.24) is 29.4 Å². The van der Waals surface area contributed by atoms with Crippen LogP contribution in [0, 0.1) is 6.92 Å². The highest BCUT2D eigenvalue weighted by Crippen LogP contribution is 2.11. The number of rotatable bonds is 1. The van der Waals surface area contributed by atoms with Gasteiger partial charge in [0.25, 0.3) is 0 Å². The number of fused-ring (bicyclic) bond motifs is 1. The van der Waals surface area contributed by atoms with Gasteiger partial charge in [0, 0.05) is 24.7 Å². The first-order valence-corrected chi connectivity index (χ1v) is 4.73. The summed E-state index contributed by atoms with van der Waals surface area (Å²) in [4.78, 5) is 4.23. The first-order chi connectivity index (χ1) is 7.75. The summed E-state index contributed by atoms with van der Waals surface area (Å²) < 4.78 is 3.43. The molecule has 0 spiro atoms. The molecule has 3 aromatic rings. The molecule has 0 radical (unpaired) electrons. The van der Waals surface area contributed by atoms with E-state index < -0.39 is 0 Å². The smallest absolute Gasteiger partial charge is 0.206 e. The molecule has 0 bridgehead atoms. The van der Waals surface area contributed by atoms with Gasteiger partial charge in [0.05, 0.1) is 0 Å². The van der Waals surface area contributed by atoms with E-state index in [-0.39, 0.29) is 0 Å². The molecule has 0 aliphatic rings. The summed E-state index contributed by atoms with van der Waals surface area (Å²) in [5.41, 5.74) is 6.22. The minimum atomic E-state index is 0.444. The van der Waals surface area contributed by atoms with Crippen molar-refractivity contribution >= 4 is 11.5 Å². The molecule has 0 aliphatic carbocycles. The molecule has 0 saturated carbocycles. The van der Waals surface area contributed by atoms with Crippen molar-refractivity contribution in [3.63, 3.8) is 0 Å². The molecule has 0 amide bonds. The van der Waals surface area contributed by atoms with Crippen LogP contribution in [0.1, 0.15) is 5.82 Å². The molecule has 7 nitrogen and oxygen atoms in total. The van der Waals surface area contributed by atoms with Crippen molar-refractivity contribution < 1.29 is 0 Å². The van der Waals surface area contributed by atoms with Crippen LogP contribution in [0.5, 0.6) is 0 Å². The first-order valence-electron chi connectivity index (χ1n) is 4.73. The summed E-state index contributed by atoms with van der Waals surface area (Å²) in [7, 11) is 0.